The number of rotatable bonds is 5. The molecule has 0 aromatic rings. The Morgan fingerprint density at radius 2 is 2.08 bits per heavy atom. The predicted molar refractivity (Wildman–Crippen MR) is 54.9 cm³/mol. The van der Waals surface area contributed by atoms with Gasteiger partial charge in [-0.1, -0.05) is 18.9 Å². The lowest BCUT2D eigenvalue weighted by Crippen LogP contribution is -2.35. The van der Waals surface area contributed by atoms with Crippen LogP contribution in [0.4, 0.5) is 0 Å². The number of hydrazine groups is 1. The van der Waals surface area contributed by atoms with Crippen LogP contribution in [0.3, 0.4) is 0 Å². The van der Waals surface area contributed by atoms with Gasteiger partial charge in [0.15, 0.2) is 0 Å². The Hall–Kier alpha value is -0.830. The van der Waals surface area contributed by atoms with E-state index in [4.69, 9.17) is 5.84 Å². The molecule has 0 bridgehead atoms. The molecule has 0 saturated heterocycles. The van der Waals surface area contributed by atoms with Gasteiger partial charge in [-0.2, -0.15) is 0 Å². The van der Waals surface area contributed by atoms with Crippen molar-refractivity contribution in [2.24, 2.45) is 5.84 Å². The first-order valence-electron chi connectivity index (χ1n) is 4.85. The van der Waals surface area contributed by atoms with Gasteiger partial charge in [-0.25, -0.2) is 5.84 Å². The standard InChI is InChI=1S/C10H20N2O/c1-4-6-7-9(3)8-10(13)12(11)5-2/h8H,4-7,11H2,1-3H3/b9-8+. The van der Waals surface area contributed by atoms with Crippen molar-refractivity contribution in [2.45, 2.75) is 40.0 Å². The van der Waals surface area contributed by atoms with Crippen molar-refractivity contribution in [3.05, 3.63) is 11.6 Å². The Morgan fingerprint density at radius 3 is 2.54 bits per heavy atom. The van der Waals surface area contributed by atoms with E-state index in [1.54, 1.807) is 6.08 Å². The second-order valence-electron chi connectivity index (χ2n) is 3.22. The Bertz CT molecular complexity index is 187. The van der Waals surface area contributed by atoms with Crippen LogP contribution in [0.25, 0.3) is 0 Å². The van der Waals surface area contributed by atoms with Gasteiger partial charge >= 0.3 is 0 Å². The van der Waals surface area contributed by atoms with Crippen LogP contribution in [0.1, 0.15) is 40.0 Å². The van der Waals surface area contributed by atoms with Crippen molar-refractivity contribution < 1.29 is 4.79 Å². The number of nitrogens with two attached hydrogens (primary N) is 1. The van der Waals surface area contributed by atoms with Gasteiger partial charge in [0.05, 0.1) is 0 Å². The highest BCUT2D eigenvalue weighted by atomic mass is 16.2. The van der Waals surface area contributed by atoms with E-state index in [1.807, 2.05) is 13.8 Å². The molecule has 2 N–H and O–H groups in total. The number of amides is 1. The fourth-order valence-corrected chi connectivity index (χ4v) is 0.977. The van der Waals surface area contributed by atoms with E-state index in [0.29, 0.717) is 6.54 Å². The maximum atomic E-state index is 11.3. The Balaban J connectivity index is 3.98. The summed E-state index contributed by atoms with van der Waals surface area (Å²) in [5.41, 5.74) is 1.11. The number of carbonyl (C=O) groups is 1. The topological polar surface area (TPSA) is 46.3 Å². The molecule has 76 valence electrons. The normalized spacial score (nSPS) is 11.5. The molecule has 0 aromatic heterocycles. The van der Waals surface area contributed by atoms with Gasteiger partial charge in [0.1, 0.15) is 0 Å². The van der Waals surface area contributed by atoms with Crippen molar-refractivity contribution in [2.75, 3.05) is 6.54 Å². The number of unbranched alkanes of at least 4 members (excludes halogenated alkanes) is 1. The largest absolute Gasteiger partial charge is 0.277 e. The summed E-state index contributed by atoms with van der Waals surface area (Å²) in [6.07, 6.45) is 4.89. The highest BCUT2D eigenvalue weighted by Crippen LogP contribution is 2.05. The molecular formula is C10H20N2O. The average Bonchev–Trinajstić information content (AvgIpc) is 2.13. The predicted octanol–water partition coefficient (Wildman–Crippen LogP) is 1.85. The molecule has 0 aliphatic carbocycles. The monoisotopic (exact) mass is 184 g/mol. The minimum absolute atomic E-state index is 0.101. The first-order valence-corrected chi connectivity index (χ1v) is 4.85. The number of hydrogen-bond acceptors (Lipinski definition) is 2. The third-order valence-corrected chi connectivity index (χ3v) is 1.92. The lowest BCUT2D eigenvalue weighted by molar-refractivity contribution is -0.126. The molecule has 0 saturated carbocycles. The smallest absolute Gasteiger partial charge is 0.260 e. The van der Waals surface area contributed by atoms with E-state index in [2.05, 4.69) is 6.92 Å². The summed E-state index contributed by atoms with van der Waals surface area (Å²) in [6.45, 7) is 6.51. The number of nitrogens with zero attached hydrogens (tertiary/aromatic N) is 1. The molecule has 0 aromatic carbocycles. The SMILES string of the molecule is CCCC/C(C)=C/C(=O)N(N)CC. The zero-order valence-corrected chi connectivity index (χ0v) is 8.84. The molecule has 0 spiro atoms. The van der Waals surface area contributed by atoms with Crippen LogP contribution in [0.5, 0.6) is 0 Å². The lowest BCUT2D eigenvalue weighted by atomic mass is 10.1. The van der Waals surface area contributed by atoms with Crippen molar-refractivity contribution in [1.29, 1.82) is 0 Å². The highest BCUT2D eigenvalue weighted by molar-refractivity contribution is 5.87. The van der Waals surface area contributed by atoms with Crippen LogP contribution >= 0.6 is 0 Å². The van der Waals surface area contributed by atoms with Gasteiger partial charge in [-0.3, -0.25) is 9.80 Å². The van der Waals surface area contributed by atoms with Crippen LogP contribution in [0.15, 0.2) is 11.6 Å². The third kappa shape index (κ3) is 5.42. The van der Waals surface area contributed by atoms with Crippen LogP contribution in [0, 0.1) is 0 Å². The van der Waals surface area contributed by atoms with Crippen LogP contribution in [-0.4, -0.2) is 17.5 Å². The first kappa shape index (κ1) is 12.2. The summed E-state index contributed by atoms with van der Waals surface area (Å²) in [4.78, 5) is 11.3. The summed E-state index contributed by atoms with van der Waals surface area (Å²) in [7, 11) is 0. The summed E-state index contributed by atoms with van der Waals surface area (Å²) >= 11 is 0. The number of likely N-dealkylation sites (N-methyl/N-ethyl adjacent to an activating group) is 1. The second-order valence-corrected chi connectivity index (χ2v) is 3.22. The Labute approximate surface area is 80.6 Å². The van der Waals surface area contributed by atoms with Crippen molar-refractivity contribution in [3.63, 3.8) is 0 Å². The van der Waals surface area contributed by atoms with Gasteiger partial charge in [0.25, 0.3) is 5.91 Å². The summed E-state index contributed by atoms with van der Waals surface area (Å²) in [5, 5.41) is 1.22. The lowest BCUT2D eigenvalue weighted by Gasteiger charge is -2.11. The molecule has 0 radical (unpaired) electrons. The Kier molecular flexibility index (Phi) is 6.24. The highest BCUT2D eigenvalue weighted by Gasteiger charge is 2.02. The Morgan fingerprint density at radius 1 is 1.46 bits per heavy atom. The first-order chi connectivity index (χ1) is 6.11. The number of carbonyl (C=O) groups excluding carboxylic acids is 1. The fourth-order valence-electron chi connectivity index (χ4n) is 0.977. The quantitative estimate of drug-likeness (QED) is 0.307. The van der Waals surface area contributed by atoms with Crippen LogP contribution in [-0.2, 0) is 4.79 Å². The molecule has 3 nitrogen and oxygen atoms in total. The minimum Gasteiger partial charge on any atom is -0.277 e. The van der Waals surface area contributed by atoms with Gasteiger partial charge < -0.3 is 0 Å². The third-order valence-electron chi connectivity index (χ3n) is 1.92. The van der Waals surface area contributed by atoms with E-state index in [9.17, 15) is 4.79 Å². The van der Waals surface area contributed by atoms with Crippen molar-refractivity contribution in [3.8, 4) is 0 Å². The molecule has 0 atom stereocenters. The van der Waals surface area contributed by atoms with Gasteiger partial charge in [0, 0.05) is 12.6 Å². The van der Waals surface area contributed by atoms with Crippen molar-refractivity contribution >= 4 is 5.91 Å². The molecule has 0 unspecified atom stereocenters. The fraction of sp³-hybridized carbons (Fsp3) is 0.700. The number of allylic oxidation sites excluding steroid dienone is 1. The molecule has 0 aliphatic rings. The molecule has 0 aliphatic heterocycles. The maximum absolute atomic E-state index is 11.3. The summed E-state index contributed by atoms with van der Waals surface area (Å²) in [6, 6.07) is 0. The maximum Gasteiger partial charge on any atom is 0.260 e. The average molecular weight is 184 g/mol. The molecule has 3 heteroatoms. The van der Waals surface area contributed by atoms with Gasteiger partial charge in [0.2, 0.25) is 0 Å². The molecular weight excluding hydrogens is 164 g/mol. The molecule has 0 fully saturated rings. The van der Waals surface area contributed by atoms with Crippen LogP contribution < -0.4 is 5.84 Å². The van der Waals surface area contributed by atoms with Gasteiger partial charge in [-0.15, -0.1) is 0 Å². The minimum atomic E-state index is -0.101. The van der Waals surface area contributed by atoms with E-state index < -0.39 is 0 Å². The molecule has 1 amide bonds. The second kappa shape index (κ2) is 6.66. The number of hydrogen-bond donors (Lipinski definition) is 1. The van der Waals surface area contributed by atoms with E-state index >= 15 is 0 Å². The van der Waals surface area contributed by atoms with E-state index in [0.717, 1.165) is 24.8 Å². The molecule has 13 heavy (non-hydrogen) atoms. The van der Waals surface area contributed by atoms with E-state index in [1.165, 1.54) is 5.01 Å². The summed E-state index contributed by atoms with van der Waals surface area (Å²) in [5.74, 6) is 5.33. The van der Waals surface area contributed by atoms with E-state index in [-0.39, 0.29) is 5.91 Å². The summed E-state index contributed by atoms with van der Waals surface area (Å²) < 4.78 is 0. The zero-order chi connectivity index (χ0) is 10.3. The zero-order valence-electron chi connectivity index (χ0n) is 8.84. The van der Waals surface area contributed by atoms with Crippen molar-refractivity contribution in [1.82, 2.24) is 5.01 Å². The molecule has 0 heterocycles. The molecule has 0 rings (SSSR count). The van der Waals surface area contributed by atoms with Crippen LogP contribution in [0.2, 0.25) is 0 Å². The van der Waals surface area contributed by atoms with Gasteiger partial charge in [-0.05, 0) is 26.7 Å².